The van der Waals surface area contributed by atoms with Crippen molar-refractivity contribution in [1.29, 1.82) is 0 Å². The number of benzene rings is 1. The minimum absolute atomic E-state index is 0.0363. The summed E-state index contributed by atoms with van der Waals surface area (Å²) in [6.45, 7) is 5.59. The predicted octanol–water partition coefficient (Wildman–Crippen LogP) is 3.78. The minimum atomic E-state index is -0.892. The molecule has 146 valence electrons. The maximum Gasteiger partial charge on any atom is 0.321 e. The van der Waals surface area contributed by atoms with Crippen LogP contribution in [0.2, 0.25) is 0 Å². The second kappa shape index (κ2) is 10.9. The number of hydrogen-bond donors (Lipinski definition) is 3. The van der Waals surface area contributed by atoms with E-state index in [1.165, 1.54) is 28.7 Å². The molecule has 0 aliphatic carbocycles. The van der Waals surface area contributed by atoms with Crippen molar-refractivity contribution in [3.63, 3.8) is 0 Å². The maximum atomic E-state index is 11.8. The molecule has 1 aromatic heterocycles. The highest BCUT2D eigenvalue weighted by molar-refractivity contribution is 8.01. The van der Waals surface area contributed by atoms with Crippen molar-refractivity contribution < 1.29 is 19.4 Å². The minimum Gasteiger partial charge on any atom is -0.481 e. The van der Waals surface area contributed by atoms with Gasteiger partial charge in [-0.3, -0.25) is 10.1 Å². The Morgan fingerprint density at radius 3 is 2.70 bits per heavy atom. The Bertz CT molecular complexity index is 747. The molecule has 7 nitrogen and oxygen atoms in total. The van der Waals surface area contributed by atoms with Crippen molar-refractivity contribution >= 4 is 40.2 Å². The summed E-state index contributed by atoms with van der Waals surface area (Å²) in [5, 5.41) is 14.4. The fourth-order valence-corrected chi connectivity index (χ4v) is 3.67. The summed E-state index contributed by atoms with van der Waals surface area (Å²) >= 11 is 2.40. The number of amides is 2. The normalized spacial score (nSPS) is 10.8. The number of carboxylic acids is 1. The fraction of sp³-hybridized carbons (Fsp3) is 0.389. The SMILES string of the molecule is CC(C)c1ccc(COCCNC(=O)Nc2ncc(SCC(=O)O)s2)cc1. The van der Waals surface area contributed by atoms with Crippen LogP contribution in [0.3, 0.4) is 0 Å². The van der Waals surface area contributed by atoms with Gasteiger partial charge in [-0.05, 0) is 17.0 Å². The molecule has 0 spiro atoms. The molecule has 27 heavy (non-hydrogen) atoms. The number of urea groups is 1. The van der Waals surface area contributed by atoms with E-state index in [0.29, 0.717) is 30.8 Å². The Morgan fingerprint density at radius 2 is 2.04 bits per heavy atom. The molecule has 2 rings (SSSR count). The van der Waals surface area contributed by atoms with E-state index in [1.54, 1.807) is 6.20 Å². The van der Waals surface area contributed by atoms with Crippen molar-refractivity contribution in [3.8, 4) is 0 Å². The van der Waals surface area contributed by atoms with Gasteiger partial charge in [0.1, 0.15) is 0 Å². The van der Waals surface area contributed by atoms with E-state index in [-0.39, 0.29) is 11.8 Å². The molecule has 0 aliphatic rings. The largest absolute Gasteiger partial charge is 0.481 e. The number of rotatable bonds is 10. The number of aromatic nitrogens is 1. The van der Waals surface area contributed by atoms with Crippen LogP contribution < -0.4 is 10.6 Å². The topological polar surface area (TPSA) is 101 Å². The number of carboxylic acid groups (broad SMARTS) is 1. The van der Waals surface area contributed by atoms with Gasteiger partial charge in [-0.25, -0.2) is 9.78 Å². The lowest BCUT2D eigenvalue weighted by molar-refractivity contribution is -0.133. The molecule has 9 heteroatoms. The molecule has 0 atom stereocenters. The van der Waals surface area contributed by atoms with E-state index in [0.717, 1.165) is 9.77 Å². The van der Waals surface area contributed by atoms with Crippen molar-refractivity contribution in [2.24, 2.45) is 0 Å². The first-order chi connectivity index (χ1) is 12.9. The van der Waals surface area contributed by atoms with Crippen LogP contribution in [0.5, 0.6) is 0 Å². The first-order valence-corrected chi connectivity index (χ1v) is 10.3. The van der Waals surface area contributed by atoms with Crippen molar-refractivity contribution in [2.45, 2.75) is 30.6 Å². The summed E-state index contributed by atoms with van der Waals surface area (Å²) in [5.41, 5.74) is 2.39. The molecule has 0 fully saturated rings. The summed E-state index contributed by atoms with van der Waals surface area (Å²) in [6, 6.07) is 7.94. The average Bonchev–Trinajstić information content (AvgIpc) is 3.07. The molecule has 0 saturated carbocycles. The maximum absolute atomic E-state index is 11.8. The van der Waals surface area contributed by atoms with Crippen molar-refractivity contribution in [1.82, 2.24) is 10.3 Å². The van der Waals surface area contributed by atoms with Crippen LogP contribution in [0.25, 0.3) is 0 Å². The summed E-state index contributed by atoms with van der Waals surface area (Å²) in [6.07, 6.45) is 1.54. The Labute approximate surface area is 166 Å². The highest BCUT2D eigenvalue weighted by Gasteiger charge is 2.08. The first kappa shape index (κ1) is 21.2. The number of carbonyl (C=O) groups is 2. The molecular formula is C18H23N3O4S2. The molecule has 0 radical (unpaired) electrons. The van der Waals surface area contributed by atoms with E-state index >= 15 is 0 Å². The fourth-order valence-electron chi connectivity index (χ4n) is 2.08. The zero-order valence-corrected chi connectivity index (χ0v) is 16.9. The van der Waals surface area contributed by atoms with Gasteiger partial charge >= 0.3 is 12.0 Å². The zero-order chi connectivity index (χ0) is 19.6. The molecule has 1 heterocycles. The Morgan fingerprint density at radius 1 is 1.30 bits per heavy atom. The second-order valence-corrected chi connectivity index (χ2v) is 8.30. The van der Waals surface area contributed by atoms with Gasteiger partial charge in [0.2, 0.25) is 0 Å². The van der Waals surface area contributed by atoms with Gasteiger partial charge in [-0.2, -0.15) is 0 Å². The molecule has 2 amide bonds. The van der Waals surface area contributed by atoms with Gasteiger partial charge in [-0.15, -0.1) is 11.8 Å². The number of thioether (sulfide) groups is 1. The third-order valence-electron chi connectivity index (χ3n) is 3.49. The van der Waals surface area contributed by atoms with Gasteiger partial charge in [0.25, 0.3) is 0 Å². The summed E-state index contributed by atoms with van der Waals surface area (Å²) in [4.78, 5) is 26.4. The number of thiazole rings is 1. The number of nitrogens with zero attached hydrogens (tertiary/aromatic N) is 1. The molecule has 1 aromatic carbocycles. The summed E-state index contributed by atoms with van der Waals surface area (Å²) in [7, 11) is 0. The van der Waals surface area contributed by atoms with E-state index in [9.17, 15) is 9.59 Å². The van der Waals surface area contributed by atoms with Crippen LogP contribution in [0.15, 0.2) is 34.7 Å². The van der Waals surface area contributed by atoms with E-state index in [1.807, 2.05) is 0 Å². The van der Waals surface area contributed by atoms with Crippen molar-refractivity contribution in [2.75, 3.05) is 24.2 Å². The van der Waals surface area contributed by atoms with Crippen LogP contribution in [-0.2, 0) is 16.1 Å². The molecule has 3 N–H and O–H groups in total. The molecule has 0 aliphatic heterocycles. The van der Waals surface area contributed by atoms with Crippen LogP contribution in [-0.4, -0.2) is 41.0 Å². The molecule has 0 unspecified atom stereocenters. The average molecular weight is 410 g/mol. The van der Waals surface area contributed by atoms with E-state index in [2.05, 4.69) is 53.7 Å². The van der Waals surface area contributed by atoms with Crippen LogP contribution in [0, 0.1) is 0 Å². The number of aliphatic carboxylic acids is 1. The third kappa shape index (κ3) is 7.98. The lowest BCUT2D eigenvalue weighted by Crippen LogP contribution is -2.31. The van der Waals surface area contributed by atoms with Crippen LogP contribution in [0.1, 0.15) is 30.9 Å². The Hall–Kier alpha value is -2.10. The van der Waals surface area contributed by atoms with Gasteiger partial charge in [0, 0.05) is 6.54 Å². The number of anilines is 1. The third-order valence-corrected chi connectivity index (χ3v) is 5.58. The van der Waals surface area contributed by atoms with Crippen LogP contribution in [0.4, 0.5) is 9.93 Å². The number of nitrogens with one attached hydrogen (secondary N) is 2. The highest BCUT2D eigenvalue weighted by Crippen LogP contribution is 2.27. The van der Waals surface area contributed by atoms with Gasteiger partial charge < -0.3 is 15.2 Å². The zero-order valence-electron chi connectivity index (χ0n) is 15.2. The van der Waals surface area contributed by atoms with Crippen LogP contribution >= 0.6 is 23.1 Å². The molecular weight excluding hydrogens is 386 g/mol. The number of carbonyl (C=O) groups excluding carboxylic acids is 1. The Balaban J connectivity index is 1.61. The van der Waals surface area contributed by atoms with E-state index in [4.69, 9.17) is 9.84 Å². The highest BCUT2D eigenvalue weighted by atomic mass is 32.2. The van der Waals surface area contributed by atoms with Gasteiger partial charge in [0.15, 0.2) is 5.13 Å². The first-order valence-electron chi connectivity index (χ1n) is 8.46. The van der Waals surface area contributed by atoms with Gasteiger partial charge in [0.05, 0.1) is 29.4 Å². The Kier molecular flexibility index (Phi) is 8.56. The van der Waals surface area contributed by atoms with Crippen molar-refractivity contribution in [3.05, 3.63) is 41.6 Å². The molecule has 0 bridgehead atoms. The predicted molar refractivity (Wildman–Crippen MR) is 108 cm³/mol. The molecule has 0 saturated heterocycles. The second-order valence-electron chi connectivity index (χ2n) is 6.00. The number of ether oxygens (including phenoxy) is 1. The smallest absolute Gasteiger partial charge is 0.321 e. The van der Waals surface area contributed by atoms with Gasteiger partial charge in [-0.1, -0.05) is 49.4 Å². The monoisotopic (exact) mass is 409 g/mol. The quantitative estimate of drug-likeness (QED) is 0.408. The standard InChI is InChI=1S/C18H23N3O4S2/c1-12(2)14-5-3-13(4-6-14)10-25-8-7-19-17(24)21-18-20-9-16(27-18)26-11-15(22)23/h3-6,9,12H,7-8,10-11H2,1-2H3,(H,22,23)(H2,19,20,21,24). The summed E-state index contributed by atoms with van der Waals surface area (Å²) < 4.78 is 6.30. The molecule has 2 aromatic rings. The summed E-state index contributed by atoms with van der Waals surface area (Å²) in [5.74, 6) is -0.422. The lowest BCUT2D eigenvalue weighted by atomic mass is 10.0. The lowest BCUT2D eigenvalue weighted by Gasteiger charge is -2.08. The van der Waals surface area contributed by atoms with E-state index < -0.39 is 5.97 Å². The number of hydrogen-bond acceptors (Lipinski definition) is 6.